The number of hydrogen-bond acceptors (Lipinski definition) is 3. The van der Waals surface area contributed by atoms with Crippen LogP contribution in [0.5, 0.6) is 0 Å². The van der Waals surface area contributed by atoms with Crippen molar-refractivity contribution in [2.75, 3.05) is 25.9 Å². The second-order valence-electron chi connectivity index (χ2n) is 4.16. The predicted octanol–water partition coefficient (Wildman–Crippen LogP) is 2.29. The molecule has 1 atom stereocenters. The lowest BCUT2D eigenvalue weighted by Crippen LogP contribution is -2.38. The Bertz CT molecular complexity index is 376. The van der Waals surface area contributed by atoms with Crippen molar-refractivity contribution in [3.05, 3.63) is 36.8 Å². The molecule has 0 aliphatic rings. The lowest BCUT2D eigenvalue weighted by atomic mass is 10.3. The Kier molecular flexibility index (Phi) is 7.89. The van der Waals surface area contributed by atoms with Crippen LogP contribution in [0, 0.1) is 0 Å². The molecule has 2 N–H and O–H groups in total. The number of guanidine groups is 1. The quantitative estimate of drug-likeness (QED) is 0.436. The second-order valence-corrected chi connectivity index (χ2v) is 5.44. The largest absolute Gasteiger partial charge is 0.469 e. The van der Waals surface area contributed by atoms with E-state index in [4.69, 9.17) is 4.42 Å². The Morgan fingerprint density at radius 3 is 3.05 bits per heavy atom. The van der Waals surface area contributed by atoms with Gasteiger partial charge < -0.3 is 15.1 Å². The molecule has 106 valence electrons. The highest BCUT2D eigenvalue weighted by atomic mass is 32.2. The molecular weight excluding hydrogens is 258 g/mol. The second kappa shape index (κ2) is 9.55. The molecule has 1 heterocycles. The number of nitrogens with zero attached hydrogens (tertiary/aromatic N) is 1. The van der Waals surface area contributed by atoms with Crippen molar-refractivity contribution in [2.45, 2.75) is 18.6 Å². The summed E-state index contributed by atoms with van der Waals surface area (Å²) in [4.78, 5) is 4.55. The van der Waals surface area contributed by atoms with E-state index in [2.05, 4.69) is 35.4 Å². The zero-order valence-corrected chi connectivity index (χ0v) is 12.5. The number of nitrogens with one attached hydrogen (secondary N) is 2. The van der Waals surface area contributed by atoms with Gasteiger partial charge in [-0.1, -0.05) is 13.0 Å². The first kappa shape index (κ1) is 15.7. The molecule has 1 unspecified atom stereocenters. The van der Waals surface area contributed by atoms with Gasteiger partial charge in [0.25, 0.3) is 0 Å². The van der Waals surface area contributed by atoms with Crippen LogP contribution in [0.15, 0.2) is 40.5 Å². The molecule has 0 saturated heterocycles. The van der Waals surface area contributed by atoms with Crippen LogP contribution in [0.1, 0.15) is 12.7 Å². The zero-order chi connectivity index (χ0) is 13.9. The topological polar surface area (TPSA) is 49.6 Å². The monoisotopic (exact) mass is 281 g/mol. The number of aliphatic imine (C=N–C) groups is 1. The van der Waals surface area contributed by atoms with Crippen molar-refractivity contribution in [1.29, 1.82) is 0 Å². The number of thioether (sulfide) groups is 1. The maximum atomic E-state index is 5.29. The summed E-state index contributed by atoms with van der Waals surface area (Å²) in [6, 6.07) is 3.88. The summed E-state index contributed by atoms with van der Waals surface area (Å²) in [5, 5.41) is 7.02. The SMILES string of the molecule is C=CCNC(=NCC(C)SC)NCCc1ccco1. The summed E-state index contributed by atoms with van der Waals surface area (Å²) >= 11 is 1.81. The minimum Gasteiger partial charge on any atom is -0.469 e. The van der Waals surface area contributed by atoms with Crippen molar-refractivity contribution in [3.8, 4) is 0 Å². The highest BCUT2D eigenvalue weighted by molar-refractivity contribution is 7.99. The van der Waals surface area contributed by atoms with Gasteiger partial charge in [-0.15, -0.1) is 6.58 Å². The van der Waals surface area contributed by atoms with E-state index in [1.807, 2.05) is 30.0 Å². The van der Waals surface area contributed by atoms with E-state index < -0.39 is 0 Å². The molecule has 0 fully saturated rings. The van der Waals surface area contributed by atoms with Crippen LogP contribution < -0.4 is 10.6 Å². The fraction of sp³-hybridized carbons (Fsp3) is 0.500. The Hall–Kier alpha value is -1.36. The summed E-state index contributed by atoms with van der Waals surface area (Å²) in [5.74, 6) is 1.81. The number of rotatable bonds is 8. The molecule has 5 heteroatoms. The van der Waals surface area contributed by atoms with Crippen LogP contribution in [0.3, 0.4) is 0 Å². The number of hydrogen-bond donors (Lipinski definition) is 2. The van der Waals surface area contributed by atoms with Crippen molar-refractivity contribution in [2.24, 2.45) is 4.99 Å². The normalized spacial score (nSPS) is 13.1. The first-order valence-corrected chi connectivity index (χ1v) is 7.73. The molecular formula is C14H23N3OS. The molecule has 4 nitrogen and oxygen atoms in total. The van der Waals surface area contributed by atoms with E-state index in [0.29, 0.717) is 11.8 Å². The van der Waals surface area contributed by atoms with E-state index in [1.54, 1.807) is 6.26 Å². The third-order valence-corrected chi connectivity index (χ3v) is 3.52. The first-order chi connectivity index (χ1) is 9.26. The van der Waals surface area contributed by atoms with Gasteiger partial charge in [-0.3, -0.25) is 4.99 Å². The summed E-state index contributed by atoms with van der Waals surface area (Å²) in [7, 11) is 0. The molecule has 0 aromatic carbocycles. The van der Waals surface area contributed by atoms with Crippen molar-refractivity contribution in [3.63, 3.8) is 0 Å². The molecule has 0 aliphatic carbocycles. The molecule has 1 aromatic rings. The average Bonchev–Trinajstić information content (AvgIpc) is 2.94. The van der Waals surface area contributed by atoms with Gasteiger partial charge in [-0.25, -0.2) is 0 Å². The zero-order valence-electron chi connectivity index (χ0n) is 11.7. The van der Waals surface area contributed by atoms with Crippen molar-refractivity contribution in [1.82, 2.24) is 10.6 Å². The van der Waals surface area contributed by atoms with E-state index in [0.717, 1.165) is 31.2 Å². The van der Waals surface area contributed by atoms with Crippen LogP contribution in [-0.2, 0) is 6.42 Å². The van der Waals surface area contributed by atoms with E-state index >= 15 is 0 Å². The van der Waals surface area contributed by atoms with Crippen molar-refractivity contribution < 1.29 is 4.42 Å². The smallest absolute Gasteiger partial charge is 0.191 e. The Morgan fingerprint density at radius 1 is 1.58 bits per heavy atom. The highest BCUT2D eigenvalue weighted by Crippen LogP contribution is 2.04. The van der Waals surface area contributed by atoms with Gasteiger partial charge in [0.1, 0.15) is 5.76 Å². The minimum absolute atomic E-state index is 0.521. The van der Waals surface area contributed by atoms with Crippen molar-refractivity contribution >= 4 is 17.7 Å². The molecule has 19 heavy (non-hydrogen) atoms. The lowest BCUT2D eigenvalue weighted by molar-refractivity contribution is 0.507. The van der Waals surface area contributed by atoms with E-state index in [-0.39, 0.29) is 0 Å². The Labute approximate surface area is 119 Å². The van der Waals surface area contributed by atoms with Crippen LogP contribution in [0.2, 0.25) is 0 Å². The molecule has 0 saturated carbocycles. The fourth-order valence-electron chi connectivity index (χ4n) is 1.40. The number of furan rings is 1. The van der Waals surface area contributed by atoms with Gasteiger partial charge in [-0.2, -0.15) is 11.8 Å². The summed E-state index contributed by atoms with van der Waals surface area (Å²) in [5.41, 5.74) is 0. The van der Waals surface area contributed by atoms with Crippen LogP contribution in [0.4, 0.5) is 0 Å². The first-order valence-electron chi connectivity index (χ1n) is 6.44. The van der Waals surface area contributed by atoms with E-state index in [1.165, 1.54) is 0 Å². The van der Waals surface area contributed by atoms with E-state index in [9.17, 15) is 0 Å². The van der Waals surface area contributed by atoms with Crippen LogP contribution in [0.25, 0.3) is 0 Å². The lowest BCUT2D eigenvalue weighted by Gasteiger charge is -2.12. The Morgan fingerprint density at radius 2 is 2.42 bits per heavy atom. The fourth-order valence-corrected chi connectivity index (χ4v) is 1.62. The molecule has 0 bridgehead atoms. The minimum atomic E-state index is 0.521. The average molecular weight is 281 g/mol. The van der Waals surface area contributed by atoms with Crippen LogP contribution >= 0.6 is 11.8 Å². The summed E-state index contributed by atoms with van der Waals surface area (Å²) in [6.45, 7) is 8.17. The molecule has 0 spiro atoms. The van der Waals surface area contributed by atoms with Crippen LogP contribution in [-0.4, -0.2) is 37.1 Å². The van der Waals surface area contributed by atoms with Gasteiger partial charge in [0.05, 0.1) is 12.8 Å². The molecule has 0 amide bonds. The molecule has 0 aliphatic heterocycles. The maximum absolute atomic E-state index is 5.29. The van der Waals surface area contributed by atoms with Gasteiger partial charge >= 0.3 is 0 Å². The Balaban J connectivity index is 2.37. The molecule has 0 radical (unpaired) electrons. The molecule has 1 rings (SSSR count). The van der Waals surface area contributed by atoms with Gasteiger partial charge in [-0.05, 0) is 18.4 Å². The predicted molar refractivity (Wildman–Crippen MR) is 83.9 cm³/mol. The van der Waals surface area contributed by atoms with Gasteiger partial charge in [0.15, 0.2) is 5.96 Å². The highest BCUT2D eigenvalue weighted by Gasteiger charge is 2.01. The summed E-state index contributed by atoms with van der Waals surface area (Å²) < 4.78 is 5.29. The molecule has 1 aromatic heterocycles. The maximum Gasteiger partial charge on any atom is 0.191 e. The van der Waals surface area contributed by atoms with Gasteiger partial charge in [0.2, 0.25) is 0 Å². The third kappa shape index (κ3) is 6.96. The standard InChI is InChI=1S/C14H23N3OS/c1-4-8-15-14(17-11-12(2)19-3)16-9-7-13-6-5-10-18-13/h4-6,10,12H,1,7-9,11H2,2-3H3,(H2,15,16,17). The van der Waals surface area contributed by atoms with Gasteiger partial charge in [0, 0.05) is 24.8 Å². The third-order valence-electron chi connectivity index (χ3n) is 2.57. The summed E-state index contributed by atoms with van der Waals surface area (Å²) in [6.07, 6.45) is 6.46.